The fraction of sp³-hybridized carbons (Fsp3) is 0.600. The number of likely N-dealkylation sites (tertiary alicyclic amines) is 1. The van der Waals surface area contributed by atoms with E-state index in [4.69, 9.17) is 14.2 Å². The van der Waals surface area contributed by atoms with Gasteiger partial charge in [-0.25, -0.2) is 0 Å². The predicted octanol–water partition coefficient (Wildman–Crippen LogP) is 1.67. The molecule has 0 saturated carbocycles. The van der Waals surface area contributed by atoms with Gasteiger partial charge in [-0.2, -0.15) is 0 Å². The summed E-state index contributed by atoms with van der Waals surface area (Å²) in [4.78, 5) is 2.23. The molecule has 1 heterocycles. The van der Waals surface area contributed by atoms with E-state index in [0.29, 0.717) is 23.8 Å². The molecule has 1 saturated heterocycles. The van der Waals surface area contributed by atoms with Crippen molar-refractivity contribution in [3.63, 3.8) is 0 Å². The molecule has 0 aromatic heterocycles. The van der Waals surface area contributed by atoms with E-state index in [0.717, 1.165) is 31.5 Å². The van der Waals surface area contributed by atoms with Crippen molar-refractivity contribution in [2.24, 2.45) is 0 Å². The topological polar surface area (TPSA) is 51.2 Å². The van der Waals surface area contributed by atoms with E-state index in [1.54, 1.807) is 21.3 Å². The highest BCUT2D eigenvalue weighted by Gasteiger charge is 2.21. The lowest BCUT2D eigenvalue weighted by Crippen LogP contribution is -2.37. The maximum Gasteiger partial charge on any atom is 0.203 e. The van der Waals surface area contributed by atoms with Crippen LogP contribution in [0.15, 0.2) is 12.1 Å². The zero-order chi connectivity index (χ0) is 14.5. The Balaban J connectivity index is 2.22. The van der Waals surface area contributed by atoms with Gasteiger partial charge in [0.15, 0.2) is 11.5 Å². The first kappa shape index (κ1) is 14.9. The maximum atomic E-state index is 9.75. The van der Waals surface area contributed by atoms with Gasteiger partial charge in [0.05, 0.1) is 27.4 Å². The zero-order valence-corrected chi connectivity index (χ0v) is 12.4. The molecule has 0 aliphatic carbocycles. The number of ether oxygens (including phenoxy) is 3. The summed E-state index contributed by atoms with van der Waals surface area (Å²) in [5.74, 6) is 1.98. The molecular formula is C15H23NO4. The van der Waals surface area contributed by atoms with Crippen LogP contribution in [0.1, 0.15) is 18.4 Å². The Morgan fingerprint density at radius 1 is 1.15 bits per heavy atom. The molecule has 112 valence electrons. The van der Waals surface area contributed by atoms with Crippen LogP contribution >= 0.6 is 0 Å². The minimum Gasteiger partial charge on any atom is -0.493 e. The lowest BCUT2D eigenvalue weighted by molar-refractivity contribution is 0.0663. The second-order valence-corrected chi connectivity index (χ2v) is 5.02. The first-order chi connectivity index (χ1) is 9.69. The van der Waals surface area contributed by atoms with Gasteiger partial charge in [0.1, 0.15) is 0 Å². The van der Waals surface area contributed by atoms with Crippen molar-refractivity contribution in [3.05, 3.63) is 17.7 Å². The molecule has 0 amide bonds. The number of methoxy groups -OCH3 is 3. The molecule has 1 aliphatic heterocycles. The lowest BCUT2D eigenvalue weighted by atomic mass is 10.1. The van der Waals surface area contributed by atoms with Crippen LogP contribution in [0.3, 0.4) is 0 Å². The van der Waals surface area contributed by atoms with Crippen LogP contribution in [0.2, 0.25) is 0 Å². The largest absolute Gasteiger partial charge is 0.493 e. The fourth-order valence-corrected chi connectivity index (χ4v) is 2.70. The summed E-state index contributed by atoms with van der Waals surface area (Å²) in [6.45, 7) is 2.44. The number of nitrogens with zero attached hydrogens (tertiary/aromatic N) is 1. The van der Waals surface area contributed by atoms with Crippen LogP contribution in [0.4, 0.5) is 0 Å². The second-order valence-electron chi connectivity index (χ2n) is 5.02. The average molecular weight is 281 g/mol. The number of aliphatic hydroxyl groups excluding tert-OH is 1. The molecule has 0 spiro atoms. The first-order valence-corrected chi connectivity index (χ1v) is 6.87. The van der Waals surface area contributed by atoms with Crippen molar-refractivity contribution >= 4 is 0 Å². The molecule has 0 radical (unpaired) electrons. The van der Waals surface area contributed by atoms with Crippen molar-refractivity contribution in [3.8, 4) is 17.2 Å². The molecule has 0 bridgehead atoms. The molecule has 1 aromatic carbocycles. The molecule has 0 unspecified atom stereocenters. The third-order valence-electron chi connectivity index (χ3n) is 3.66. The number of benzene rings is 1. The molecule has 1 fully saturated rings. The molecule has 5 heteroatoms. The normalized spacial score (nSPS) is 19.7. The van der Waals surface area contributed by atoms with Crippen LogP contribution in [0.5, 0.6) is 17.2 Å². The Bertz CT molecular complexity index is 450. The molecule has 2 rings (SSSR count). The third-order valence-corrected chi connectivity index (χ3v) is 3.66. The van der Waals surface area contributed by atoms with Crippen LogP contribution in [0.25, 0.3) is 0 Å². The molecular weight excluding hydrogens is 258 g/mol. The highest BCUT2D eigenvalue weighted by Crippen LogP contribution is 2.40. The van der Waals surface area contributed by atoms with Gasteiger partial charge < -0.3 is 19.3 Å². The van der Waals surface area contributed by atoms with Crippen molar-refractivity contribution in [2.45, 2.75) is 25.5 Å². The SMILES string of the molecule is COc1ccc(CN2CCC[C@H](O)C2)c(OC)c1OC. The van der Waals surface area contributed by atoms with Gasteiger partial charge >= 0.3 is 0 Å². The van der Waals surface area contributed by atoms with Crippen molar-refractivity contribution < 1.29 is 19.3 Å². The summed E-state index contributed by atoms with van der Waals surface area (Å²) in [6, 6.07) is 3.87. The highest BCUT2D eigenvalue weighted by atomic mass is 16.5. The number of hydrogen-bond donors (Lipinski definition) is 1. The van der Waals surface area contributed by atoms with Gasteiger partial charge in [0.2, 0.25) is 5.75 Å². The Labute approximate surface area is 120 Å². The van der Waals surface area contributed by atoms with Gasteiger partial charge in [-0.1, -0.05) is 6.07 Å². The molecule has 20 heavy (non-hydrogen) atoms. The molecule has 5 nitrogen and oxygen atoms in total. The van der Waals surface area contributed by atoms with E-state index in [1.165, 1.54) is 0 Å². The average Bonchev–Trinajstić information content (AvgIpc) is 2.46. The molecule has 1 aromatic rings. The van der Waals surface area contributed by atoms with Gasteiger partial charge in [0.25, 0.3) is 0 Å². The zero-order valence-electron chi connectivity index (χ0n) is 12.4. The molecule has 1 aliphatic rings. The smallest absolute Gasteiger partial charge is 0.203 e. The van der Waals surface area contributed by atoms with E-state index >= 15 is 0 Å². The first-order valence-electron chi connectivity index (χ1n) is 6.87. The van der Waals surface area contributed by atoms with E-state index in [9.17, 15) is 5.11 Å². The van der Waals surface area contributed by atoms with Gasteiger partial charge in [-0.15, -0.1) is 0 Å². The van der Waals surface area contributed by atoms with Crippen LogP contribution < -0.4 is 14.2 Å². The summed E-state index contributed by atoms with van der Waals surface area (Å²) < 4.78 is 16.2. The summed E-state index contributed by atoms with van der Waals surface area (Å²) in [6.07, 6.45) is 1.69. The summed E-state index contributed by atoms with van der Waals surface area (Å²) in [7, 11) is 4.85. The minimum atomic E-state index is -0.227. The Morgan fingerprint density at radius 3 is 2.50 bits per heavy atom. The van der Waals surface area contributed by atoms with Crippen LogP contribution in [0, 0.1) is 0 Å². The van der Waals surface area contributed by atoms with Gasteiger partial charge in [-0.3, -0.25) is 4.90 Å². The fourth-order valence-electron chi connectivity index (χ4n) is 2.70. The number of β-amino-alcohol motifs (C(OH)–C–C–N with tert-alkyl or cyclic N) is 1. The number of rotatable bonds is 5. The highest BCUT2D eigenvalue weighted by molar-refractivity contribution is 5.55. The van der Waals surface area contributed by atoms with Gasteiger partial charge in [0, 0.05) is 18.7 Å². The monoisotopic (exact) mass is 281 g/mol. The van der Waals surface area contributed by atoms with Gasteiger partial charge in [-0.05, 0) is 25.5 Å². The number of hydrogen-bond acceptors (Lipinski definition) is 5. The molecule has 1 atom stereocenters. The van der Waals surface area contributed by atoms with Crippen molar-refractivity contribution in [2.75, 3.05) is 34.4 Å². The number of piperidine rings is 1. The Hall–Kier alpha value is -1.46. The van der Waals surface area contributed by atoms with Crippen molar-refractivity contribution in [1.82, 2.24) is 4.90 Å². The molecule has 1 N–H and O–H groups in total. The van der Waals surface area contributed by atoms with Crippen LogP contribution in [-0.4, -0.2) is 50.5 Å². The van der Waals surface area contributed by atoms with E-state index in [1.807, 2.05) is 12.1 Å². The second kappa shape index (κ2) is 6.81. The summed E-state index contributed by atoms with van der Waals surface area (Å²) in [5, 5.41) is 9.75. The standard InChI is InChI=1S/C15H23NO4/c1-18-13-7-6-11(14(19-2)15(13)20-3)9-16-8-4-5-12(17)10-16/h6-7,12,17H,4-5,8-10H2,1-3H3/t12-/m0/s1. The maximum absolute atomic E-state index is 9.75. The lowest BCUT2D eigenvalue weighted by Gasteiger charge is -2.30. The van der Waals surface area contributed by atoms with E-state index in [-0.39, 0.29) is 6.10 Å². The minimum absolute atomic E-state index is 0.227. The Morgan fingerprint density at radius 2 is 1.90 bits per heavy atom. The predicted molar refractivity (Wildman–Crippen MR) is 76.6 cm³/mol. The van der Waals surface area contributed by atoms with E-state index < -0.39 is 0 Å². The summed E-state index contributed by atoms with van der Waals surface area (Å²) >= 11 is 0. The quantitative estimate of drug-likeness (QED) is 0.889. The Kier molecular flexibility index (Phi) is 5.09. The summed E-state index contributed by atoms with van der Waals surface area (Å²) in [5.41, 5.74) is 1.04. The van der Waals surface area contributed by atoms with E-state index in [2.05, 4.69) is 4.90 Å². The van der Waals surface area contributed by atoms with Crippen molar-refractivity contribution in [1.29, 1.82) is 0 Å². The van der Waals surface area contributed by atoms with Crippen LogP contribution in [-0.2, 0) is 6.54 Å². The number of aliphatic hydroxyl groups is 1. The third kappa shape index (κ3) is 3.16.